The van der Waals surface area contributed by atoms with Gasteiger partial charge in [-0.3, -0.25) is 9.59 Å². The van der Waals surface area contributed by atoms with Crippen molar-refractivity contribution in [3.63, 3.8) is 0 Å². The van der Waals surface area contributed by atoms with Crippen LogP contribution in [0, 0.1) is 0 Å². The summed E-state index contributed by atoms with van der Waals surface area (Å²) >= 11 is 3.36. The van der Waals surface area contributed by atoms with Gasteiger partial charge in [0.05, 0.1) is 39.5 Å². The molecule has 2 aromatic rings. The van der Waals surface area contributed by atoms with E-state index in [-0.39, 0.29) is 5.57 Å². The zero-order valence-corrected chi connectivity index (χ0v) is 19.4. The van der Waals surface area contributed by atoms with Crippen molar-refractivity contribution in [2.45, 2.75) is 6.04 Å². The van der Waals surface area contributed by atoms with Crippen molar-refractivity contribution in [1.29, 1.82) is 0 Å². The van der Waals surface area contributed by atoms with Gasteiger partial charge in [0.25, 0.3) is 5.91 Å². The van der Waals surface area contributed by atoms with Crippen LogP contribution in [0.25, 0.3) is 5.76 Å². The fourth-order valence-corrected chi connectivity index (χ4v) is 4.53. The number of benzene rings is 2. The number of ether oxygens (including phenoxy) is 2. The number of carbonyl (C=O) groups excluding carboxylic acids is 2. The smallest absolute Gasteiger partial charge is 0.295 e. The lowest BCUT2D eigenvalue weighted by Crippen LogP contribution is -3.14. The third kappa shape index (κ3) is 4.44. The van der Waals surface area contributed by atoms with Crippen LogP contribution in [-0.4, -0.2) is 63.1 Å². The molecule has 2 aliphatic rings. The number of amides is 1. The molecule has 168 valence electrons. The van der Waals surface area contributed by atoms with Crippen LogP contribution in [0.5, 0.6) is 5.75 Å². The largest absolute Gasteiger partial charge is 0.872 e. The Hall–Kier alpha value is -2.68. The minimum Gasteiger partial charge on any atom is -0.872 e. The number of para-hydroxylation sites is 1. The maximum absolute atomic E-state index is 13.4. The molecule has 0 aliphatic carbocycles. The van der Waals surface area contributed by atoms with Gasteiger partial charge in [0.2, 0.25) is 5.78 Å². The van der Waals surface area contributed by atoms with Crippen LogP contribution in [0.3, 0.4) is 0 Å². The van der Waals surface area contributed by atoms with Crippen molar-refractivity contribution in [1.82, 2.24) is 4.90 Å². The predicted molar refractivity (Wildman–Crippen MR) is 120 cm³/mol. The fraction of sp³-hybridized carbons (Fsp3) is 0.333. The van der Waals surface area contributed by atoms with Crippen molar-refractivity contribution in [3.8, 4) is 5.75 Å². The molecule has 1 unspecified atom stereocenters. The van der Waals surface area contributed by atoms with E-state index in [0.29, 0.717) is 43.2 Å². The Bertz CT molecular complexity index is 1030. The third-order valence-electron chi connectivity index (χ3n) is 5.98. The number of halogens is 1. The minimum atomic E-state index is -0.789. The summed E-state index contributed by atoms with van der Waals surface area (Å²) < 4.78 is 11.8. The first-order valence-electron chi connectivity index (χ1n) is 10.6. The Labute approximate surface area is 195 Å². The van der Waals surface area contributed by atoms with E-state index in [1.807, 2.05) is 12.1 Å². The van der Waals surface area contributed by atoms with Crippen LogP contribution in [0.15, 0.2) is 58.6 Å². The van der Waals surface area contributed by atoms with Crippen LogP contribution in [0.2, 0.25) is 0 Å². The highest BCUT2D eigenvalue weighted by molar-refractivity contribution is 9.10. The van der Waals surface area contributed by atoms with Crippen LogP contribution < -0.4 is 14.7 Å². The van der Waals surface area contributed by atoms with Gasteiger partial charge in [-0.25, -0.2) is 0 Å². The second-order valence-electron chi connectivity index (χ2n) is 7.83. The lowest BCUT2D eigenvalue weighted by molar-refractivity contribution is -0.907. The molecule has 7 nitrogen and oxygen atoms in total. The van der Waals surface area contributed by atoms with Gasteiger partial charge in [-0.1, -0.05) is 52.0 Å². The Morgan fingerprint density at radius 3 is 2.53 bits per heavy atom. The summed E-state index contributed by atoms with van der Waals surface area (Å²) in [5.74, 6) is -1.29. The summed E-state index contributed by atoms with van der Waals surface area (Å²) in [4.78, 5) is 29.0. The lowest BCUT2D eigenvalue weighted by atomic mass is 9.94. The standard InChI is InChI=1S/C24H25BrN2O5/c1-31-19-5-3-2-4-18(19)21-20(22(28)16-6-8-17(25)9-7-16)23(29)24(30)27(21)11-10-26-12-14-32-15-13-26/h2-9,21,28H,10-15H2,1H3. The molecule has 8 heteroatoms. The van der Waals surface area contributed by atoms with Crippen LogP contribution in [0.1, 0.15) is 17.2 Å². The highest BCUT2D eigenvalue weighted by atomic mass is 79.9. The first kappa shape index (κ1) is 22.5. The molecular formula is C24H25BrN2O5. The van der Waals surface area contributed by atoms with E-state index in [4.69, 9.17) is 9.47 Å². The van der Waals surface area contributed by atoms with Crippen molar-refractivity contribution in [3.05, 3.63) is 69.7 Å². The van der Waals surface area contributed by atoms with Crippen molar-refractivity contribution >= 4 is 33.4 Å². The van der Waals surface area contributed by atoms with E-state index in [9.17, 15) is 14.7 Å². The second kappa shape index (κ2) is 9.85. The molecule has 2 fully saturated rings. The molecule has 0 radical (unpaired) electrons. The normalized spacial score (nSPS) is 21.2. The molecule has 2 heterocycles. The summed E-state index contributed by atoms with van der Waals surface area (Å²) in [6.45, 7) is 4.09. The average Bonchev–Trinajstić information content (AvgIpc) is 3.08. The number of Topliss-reactive ketones (excluding diaryl/α,β-unsaturated/α-hetero) is 1. The average molecular weight is 501 g/mol. The number of likely N-dealkylation sites (tertiary alicyclic amines) is 1. The second-order valence-corrected chi connectivity index (χ2v) is 8.75. The van der Waals surface area contributed by atoms with E-state index >= 15 is 0 Å². The number of hydrogen-bond donors (Lipinski definition) is 1. The highest BCUT2D eigenvalue weighted by Gasteiger charge is 2.45. The number of quaternary nitrogens is 1. The number of hydrogen-bond acceptors (Lipinski definition) is 5. The van der Waals surface area contributed by atoms with Crippen LogP contribution in [0.4, 0.5) is 0 Å². The van der Waals surface area contributed by atoms with E-state index in [1.54, 1.807) is 36.4 Å². The number of methoxy groups -OCH3 is 1. The topological polar surface area (TPSA) is 83.3 Å². The summed E-state index contributed by atoms with van der Waals surface area (Å²) in [5, 5.41) is 13.4. The number of rotatable bonds is 6. The zero-order valence-electron chi connectivity index (χ0n) is 17.8. The molecule has 2 aliphatic heterocycles. The lowest BCUT2D eigenvalue weighted by Gasteiger charge is -2.30. The van der Waals surface area contributed by atoms with Gasteiger partial charge in [-0.05, 0) is 23.8 Å². The van der Waals surface area contributed by atoms with Crippen LogP contribution in [-0.2, 0) is 14.3 Å². The van der Waals surface area contributed by atoms with Gasteiger partial charge in [0, 0.05) is 15.6 Å². The Morgan fingerprint density at radius 2 is 1.84 bits per heavy atom. The molecule has 0 spiro atoms. The van der Waals surface area contributed by atoms with Gasteiger partial charge in [-0.15, -0.1) is 0 Å². The predicted octanol–water partition coefficient (Wildman–Crippen LogP) is 0.597. The number of ketones is 1. The molecule has 1 N–H and O–H groups in total. The van der Waals surface area contributed by atoms with Crippen molar-refractivity contribution < 1.29 is 29.1 Å². The van der Waals surface area contributed by atoms with Gasteiger partial charge in [0.1, 0.15) is 18.8 Å². The van der Waals surface area contributed by atoms with Gasteiger partial charge in [0.15, 0.2) is 0 Å². The molecule has 0 saturated carbocycles. The van der Waals surface area contributed by atoms with E-state index in [2.05, 4.69) is 15.9 Å². The first-order chi connectivity index (χ1) is 15.5. The quantitative estimate of drug-likeness (QED) is 0.356. The Kier molecular flexibility index (Phi) is 6.93. The molecule has 0 bridgehead atoms. The maximum Gasteiger partial charge on any atom is 0.295 e. The highest BCUT2D eigenvalue weighted by Crippen LogP contribution is 2.41. The summed E-state index contributed by atoms with van der Waals surface area (Å²) in [5.41, 5.74) is 0.968. The number of morpholine rings is 1. The van der Waals surface area contributed by atoms with E-state index < -0.39 is 23.5 Å². The fourth-order valence-electron chi connectivity index (χ4n) is 4.26. The number of nitrogens with one attached hydrogen (secondary N) is 1. The Morgan fingerprint density at radius 1 is 1.16 bits per heavy atom. The molecule has 32 heavy (non-hydrogen) atoms. The molecule has 2 aromatic carbocycles. The van der Waals surface area contributed by atoms with Crippen molar-refractivity contribution in [2.24, 2.45) is 0 Å². The number of carbonyl (C=O) groups is 2. The van der Waals surface area contributed by atoms with E-state index in [1.165, 1.54) is 16.9 Å². The zero-order chi connectivity index (χ0) is 22.7. The molecule has 1 atom stereocenters. The Balaban J connectivity index is 1.77. The molecule has 2 saturated heterocycles. The summed E-state index contributed by atoms with van der Waals surface area (Å²) in [6.07, 6.45) is 0. The molecule has 0 aromatic heterocycles. The van der Waals surface area contributed by atoms with Gasteiger partial charge < -0.3 is 24.4 Å². The third-order valence-corrected chi connectivity index (χ3v) is 6.50. The monoisotopic (exact) mass is 500 g/mol. The maximum atomic E-state index is 13.4. The SMILES string of the molecule is COc1ccccc1C1C(=C([O-])c2ccc(Br)cc2)C(=O)C(=O)N1CC[NH+]1CCOCC1. The van der Waals surface area contributed by atoms with E-state index in [0.717, 1.165) is 17.6 Å². The summed E-state index contributed by atoms with van der Waals surface area (Å²) in [6, 6.07) is 13.2. The van der Waals surface area contributed by atoms with Crippen LogP contribution >= 0.6 is 15.9 Å². The molecular weight excluding hydrogens is 476 g/mol. The minimum absolute atomic E-state index is 0.0289. The first-order valence-corrected chi connectivity index (χ1v) is 11.4. The number of nitrogens with zero attached hydrogens (tertiary/aromatic N) is 1. The van der Waals surface area contributed by atoms with Gasteiger partial charge >= 0.3 is 0 Å². The summed E-state index contributed by atoms with van der Waals surface area (Å²) in [7, 11) is 1.54. The molecule has 1 amide bonds. The van der Waals surface area contributed by atoms with Gasteiger partial charge in [-0.2, -0.15) is 0 Å². The van der Waals surface area contributed by atoms with Crippen molar-refractivity contribution in [2.75, 3.05) is 46.5 Å². The molecule has 4 rings (SSSR count).